The SMILES string of the molecule is COC(NC1(c2ccncc2F)CCC1)N1CCC2(CCN3C2=CC(c2cnc4ccccc4c2)N3C)C1. The molecule has 7 nitrogen and oxygen atoms in total. The van der Waals surface area contributed by atoms with Gasteiger partial charge in [0.15, 0.2) is 6.35 Å². The maximum atomic E-state index is 14.7. The quantitative estimate of drug-likeness (QED) is 0.485. The highest BCUT2D eigenvalue weighted by Crippen LogP contribution is 2.53. The van der Waals surface area contributed by atoms with E-state index in [1.54, 1.807) is 13.3 Å². The summed E-state index contributed by atoms with van der Waals surface area (Å²) in [6.07, 6.45) is 12.3. The van der Waals surface area contributed by atoms with Crippen molar-refractivity contribution in [3.8, 4) is 0 Å². The number of methoxy groups -OCH3 is 1. The van der Waals surface area contributed by atoms with Crippen LogP contribution in [0.4, 0.5) is 4.39 Å². The van der Waals surface area contributed by atoms with Gasteiger partial charge in [0.1, 0.15) is 5.82 Å². The summed E-state index contributed by atoms with van der Waals surface area (Å²) < 4.78 is 20.8. The number of likely N-dealkylation sites (tertiary alicyclic amines) is 1. The molecule has 1 spiro atoms. The van der Waals surface area contributed by atoms with E-state index in [1.165, 1.54) is 22.8 Å². The second kappa shape index (κ2) is 9.09. The molecule has 198 valence electrons. The van der Waals surface area contributed by atoms with Crippen LogP contribution in [-0.4, -0.2) is 65.0 Å². The fraction of sp³-hybridized carbons (Fsp3) is 0.467. The first kappa shape index (κ1) is 24.2. The Bertz CT molecular complexity index is 1390. The van der Waals surface area contributed by atoms with Crippen molar-refractivity contribution in [2.24, 2.45) is 5.41 Å². The van der Waals surface area contributed by atoms with Crippen LogP contribution in [0.15, 0.2) is 66.8 Å². The van der Waals surface area contributed by atoms with Crippen LogP contribution in [0.25, 0.3) is 10.9 Å². The minimum absolute atomic E-state index is 0.0977. The summed E-state index contributed by atoms with van der Waals surface area (Å²) in [4.78, 5) is 11.1. The fourth-order valence-electron chi connectivity index (χ4n) is 7.24. The van der Waals surface area contributed by atoms with Crippen LogP contribution >= 0.6 is 0 Å². The van der Waals surface area contributed by atoms with Crippen molar-refractivity contribution in [1.29, 1.82) is 0 Å². The Morgan fingerprint density at radius 3 is 2.74 bits per heavy atom. The van der Waals surface area contributed by atoms with Crippen molar-refractivity contribution in [1.82, 2.24) is 30.2 Å². The van der Waals surface area contributed by atoms with Gasteiger partial charge in [0, 0.05) is 73.8 Å². The first-order chi connectivity index (χ1) is 18.5. The Hall–Kier alpha value is -2.91. The van der Waals surface area contributed by atoms with Crippen LogP contribution in [-0.2, 0) is 10.3 Å². The minimum Gasteiger partial charge on any atom is -0.353 e. The van der Waals surface area contributed by atoms with Gasteiger partial charge in [0.05, 0.1) is 17.8 Å². The van der Waals surface area contributed by atoms with Gasteiger partial charge in [0.2, 0.25) is 0 Å². The lowest BCUT2D eigenvalue weighted by molar-refractivity contribution is -0.0812. The van der Waals surface area contributed by atoms with Gasteiger partial charge in [-0.05, 0) is 61.9 Å². The molecule has 1 N–H and O–H groups in total. The number of likely N-dealkylation sites (N-methyl/N-ethyl adjacent to an activating group) is 1. The summed E-state index contributed by atoms with van der Waals surface area (Å²) in [5.41, 5.74) is 4.08. The number of halogens is 1. The van der Waals surface area contributed by atoms with Crippen molar-refractivity contribution >= 4 is 10.9 Å². The van der Waals surface area contributed by atoms with E-state index in [0.717, 1.165) is 57.3 Å². The summed E-state index contributed by atoms with van der Waals surface area (Å²) in [7, 11) is 3.95. The van der Waals surface area contributed by atoms with Crippen LogP contribution in [0.1, 0.15) is 49.3 Å². The molecule has 8 heteroatoms. The summed E-state index contributed by atoms with van der Waals surface area (Å²) in [5, 5.41) is 9.75. The fourth-order valence-corrected chi connectivity index (χ4v) is 7.24. The van der Waals surface area contributed by atoms with Crippen LogP contribution in [0, 0.1) is 11.2 Å². The number of hydrazine groups is 1. The molecule has 7 rings (SSSR count). The van der Waals surface area contributed by atoms with Gasteiger partial charge in [-0.25, -0.2) is 9.40 Å². The lowest BCUT2D eigenvalue weighted by atomic mass is 9.72. The standard InChI is InChI=1S/C30H35FN6O/c1-35-26(22-16-21-6-3-4-7-25(21)33-18-22)17-27-29(12-15-37(27)35)11-14-36(20-29)28(38-2)34-30(9-5-10-30)23-8-13-32-19-24(23)31/h3-4,6-8,13,16-19,26,28,34H,5,9-12,14-15,20H2,1-2H3. The number of rotatable bonds is 6. The van der Waals surface area contributed by atoms with Gasteiger partial charge >= 0.3 is 0 Å². The van der Waals surface area contributed by atoms with E-state index >= 15 is 0 Å². The van der Waals surface area contributed by atoms with Gasteiger partial charge in [-0.2, -0.15) is 0 Å². The van der Waals surface area contributed by atoms with Crippen molar-refractivity contribution in [2.75, 3.05) is 33.8 Å². The van der Waals surface area contributed by atoms with Crippen LogP contribution < -0.4 is 5.32 Å². The van der Waals surface area contributed by atoms with Crippen LogP contribution in [0.5, 0.6) is 0 Å². The van der Waals surface area contributed by atoms with Crippen LogP contribution in [0.2, 0.25) is 0 Å². The molecule has 1 aromatic carbocycles. The highest BCUT2D eigenvalue weighted by atomic mass is 19.1. The molecule has 3 aromatic rings. The molecule has 2 aromatic heterocycles. The Balaban J connectivity index is 1.13. The van der Waals surface area contributed by atoms with E-state index in [9.17, 15) is 4.39 Å². The summed E-state index contributed by atoms with van der Waals surface area (Å²) in [5.74, 6) is -0.243. The van der Waals surface area contributed by atoms with Gasteiger partial charge in [-0.15, -0.1) is 0 Å². The zero-order valence-electron chi connectivity index (χ0n) is 22.1. The average Bonchev–Trinajstić information content (AvgIpc) is 3.60. The zero-order chi connectivity index (χ0) is 25.9. The molecular formula is C30H35FN6O. The van der Waals surface area contributed by atoms with E-state index in [-0.39, 0.29) is 23.6 Å². The molecule has 3 unspecified atom stereocenters. The maximum absolute atomic E-state index is 14.7. The van der Waals surface area contributed by atoms with Crippen LogP contribution in [0.3, 0.4) is 0 Å². The number of nitrogens with one attached hydrogen (secondary N) is 1. The molecule has 3 atom stereocenters. The number of fused-ring (bicyclic) bond motifs is 3. The third-order valence-corrected chi connectivity index (χ3v) is 9.51. The first-order valence-corrected chi connectivity index (χ1v) is 13.7. The number of aromatic nitrogens is 2. The molecule has 2 saturated heterocycles. The molecule has 0 radical (unpaired) electrons. The Kier molecular flexibility index (Phi) is 5.78. The second-order valence-corrected chi connectivity index (χ2v) is 11.4. The number of nitrogens with zero attached hydrogens (tertiary/aromatic N) is 5. The number of pyridine rings is 2. The van der Waals surface area contributed by atoms with Gasteiger partial charge < -0.3 is 9.75 Å². The maximum Gasteiger partial charge on any atom is 0.166 e. The third kappa shape index (κ3) is 3.69. The predicted octanol–water partition coefficient (Wildman–Crippen LogP) is 4.55. The molecular weight excluding hydrogens is 479 g/mol. The average molecular weight is 515 g/mol. The molecule has 3 aliphatic heterocycles. The van der Waals surface area contributed by atoms with E-state index in [2.05, 4.69) is 62.6 Å². The lowest BCUT2D eigenvalue weighted by Gasteiger charge is -2.47. The lowest BCUT2D eigenvalue weighted by Crippen LogP contribution is -2.58. The van der Waals surface area contributed by atoms with E-state index in [0.29, 0.717) is 5.56 Å². The largest absolute Gasteiger partial charge is 0.353 e. The minimum atomic E-state index is -0.397. The molecule has 3 fully saturated rings. The second-order valence-electron chi connectivity index (χ2n) is 11.4. The smallest absolute Gasteiger partial charge is 0.166 e. The van der Waals surface area contributed by atoms with Crippen molar-refractivity contribution in [2.45, 2.75) is 50.0 Å². The van der Waals surface area contributed by atoms with Crippen molar-refractivity contribution < 1.29 is 9.13 Å². The molecule has 0 bridgehead atoms. The zero-order valence-corrected chi connectivity index (χ0v) is 22.1. The van der Waals surface area contributed by atoms with Gasteiger partial charge in [-0.1, -0.05) is 18.2 Å². The summed E-state index contributed by atoms with van der Waals surface area (Å²) in [6, 6.07) is 12.6. The first-order valence-electron chi connectivity index (χ1n) is 13.7. The number of para-hydroxylation sites is 1. The molecule has 0 amide bonds. The molecule has 1 saturated carbocycles. The van der Waals surface area contributed by atoms with E-state index in [4.69, 9.17) is 9.72 Å². The topological polar surface area (TPSA) is 56.8 Å². The Morgan fingerprint density at radius 1 is 1.11 bits per heavy atom. The monoisotopic (exact) mass is 514 g/mol. The number of benzene rings is 1. The molecule has 5 heterocycles. The van der Waals surface area contributed by atoms with Gasteiger partial charge in [0.25, 0.3) is 0 Å². The predicted molar refractivity (Wildman–Crippen MR) is 144 cm³/mol. The molecule has 38 heavy (non-hydrogen) atoms. The third-order valence-electron chi connectivity index (χ3n) is 9.51. The number of hydrogen-bond acceptors (Lipinski definition) is 7. The number of ether oxygens (including phenoxy) is 1. The molecule has 4 aliphatic rings. The normalized spacial score (nSPS) is 27.6. The van der Waals surface area contributed by atoms with Crippen molar-refractivity contribution in [3.63, 3.8) is 0 Å². The van der Waals surface area contributed by atoms with E-state index < -0.39 is 5.54 Å². The highest BCUT2D eigenvalue weighted by molar-refractivity contribution is 5.78. The van der Waals surface area contributed by atoms with E-state index in [1.807, 2.05) is 18.3 Å². The molecule has 1 aliphatic carbocycles. The summed E-state index contributed by atoms with van der Waals surface area (Å²) in [6.45, 7) is 2.88. The Labute approximate surface area is 223 Å². The highest BCUT2D eigenvalue weighted by Gasteiger charge is 2.53. The summed E-state index contributed by atoms with van der Waals surface area (Å²) >= 11 is 0. The van der Waals surface area contributed by atoms with Gasteiger partial charge in [-0.3, -0.25) is 20.2 Å². The van der Waals surface area contributed by atoms with Crippen molar-refractivity contribution in [3.05, 3.63) is 83.7 Å². The Morgan fingerprint density at radius 2 is 1.95 bits per heavy atom. The number of hydrogen-bond donors (Lipinski definition) is 1.